The summed E-state index contributed by atoms with van der Waals surface area (Å²) in [6.45, 7) is 4.67. The van der Waals surface area contributed by atoms with Crippen LogP contribution in [0.2, 0.25) is 0 Å². The Hall–Kier alpha value is -0.860. The normalized spacial score (nSPS) is 34.8. The minimum Gasteiger partial charge on any atom is -0.250 e. The van der Waals surface area contributed by atoms with Gasteiger partial charge in [-0.25, -0.2) is 9.67 Å². The maximum atomic E-state index is 4.21. The van der Waals surface area contributed by atoms with Crippen LogP contribution in [0.3, 0.4) is 0 Å². The van der Waals surface area contributed by atoms with Gasteiger partial charge in [-0.15, -0.1) is 0 Å². The fraction of sp³-hybridized carbons (Fsp3) is 0.800. The van der Waals surface area contributed by atoms with Crippen LogP contribution in [0.4, 0.5) is 0 Å². The second-order valence-electron chi connectivity index (χ2n) is 4.45. The molecule has 0 saturated heterocycles. The van der Waals surface area contributed by atoms with Crippen molar-refractivity contribution >= 4 is 0 Å². The Labute approximate surface area is 79.2 Å². The molecule has 3 nitrogen and oxygen atoms in total. The highest BCUT2D eigenvalue weighted by molar-refractivity contribution is 4.79. The van der Waals surface area contributed by atoms with Crippen LogP contribution in [-0.2, 0) is 0 Å². The third kappa shape index (κ3) is 1.90. The molecule has 72 valence electrons. The molecule has 1 heterocycles. The fourth-order valence-electron chi connectivity index (χ4n) is 2.53. The predicted molar refractivity (Wildman–Crippen MR) is 51.2 cm³/mol. The van der Waals surface area contributed by atoms with Crippen molar-refractivity contribution in [1.82, 2.24) is 14.8 Å². The molecule has 0 radical (unpaired) electrons. The molecule has 1 aliphatic carbocycles. The van der Waals surface area contributed by atoms with Gasteiger partial charge in [0.05, 0.1) is 6.04 Å². The Balaban J connectivity index is 2.07. The zero-order valence-electron chi connectivity index (χ0n) is 8.35. The van der Waals surface area contributed by atoms with Gasteiger partial charge in [0, 0.05) is 0 Å². The molecule has 2 rings (SSSR count). The number of hydrogen-bond acceptors (Lipinski definition) is 2. The summed E-state index contributed by atoms with van der Waals surface area (Å²) >= 11 is 0. The summed E-state index contributed by atoms with van der Waals surface area (Å²) in [4.78, 5) is 4.00. The molecule has 0 aromatic carbocycles. The summed E-state index contributed by atoms with van der Waals surface area (Å²) in [6, 6.07) is 0.584. The number of aromatic nitrogens is 3. The Bertz CT molecular complexity index is 245. The van der Waals surface area contributed by atoms with E-state index < -0.39 is 0 Å². The Morgan fingerprint density at radius 2 is 1.85 bits per heavy atom. The van der Waals surface area contributed by atoms with Crippen LogP contribution in [0.15, 0.2) is 12.7 Å². The lowest BCUT2D eigenvalue weighted by molar-refractivity contribution is 0.209. The lowest BCUT2D eigenvalue weighted by atomic mass is 9.80. The lowest BCUT2D eigenvalue weighted by Gasteiger charge is -2.31. The second kappa shape index (κ2) is 3.48. The summed E-state index contributed by atoms with van der Waals surface area (Å²) in [5.41, 5.74) is 0. The van der Waals surface area contributed by atoms with Crippen molar-refractivity contribution in [3.8, 4) is 0 Å². The number of hydrogen-bond donors (Lipinski definition) is 0. The average Bonchev–Trinajstić information content (AvgIpc) is 2.53. The molecule has 2 unspecified atom stereocenters. The largest absolute Gasteiger partial charge is 0.250 e. The van der Waals surface area contributed by atoms with Gasteiger partial charge in [-0.1, -0.05) is 13.8 Å². The smallest absolute Gasteiger partial charge is 0.137 e. The van der Waals surface area contributed by atoms with E-state index in [0.717, 1.165) is 11.8 Å². The van der Waals surface area contributed by atoms with E-state index in [4.69, 9.17) is 0 Å². The van der Waals surface area contributed by atoms with Gasteiger partial charge < -0.3 is 0 Å². The minimum absolute atomic E-state index is 0.584. The van der Waals surface area contributed by atoms with Gasteiger partial charge in [0.15, 0.2) is 0 Å². The SMILES string of the molecule is CC1CC(C)CC(n2cncn2)C1. The molecular weight excluding hydrogens is 162 g/mol. The Morgan fingerprint density at radius 1 is 1.15 bits per heavy atom. The maximum Gasteiger partial charge on any atom is 0.137 e. The quantitative estimate of drug-likeness (QED) is 0.662. The Kier molecular flexibility index (Phi) is 2.34. The van der Waals surface area contributed by atoms with E-state index in [1.807, 2.05) is 11.0 Å². The van der Waals surface area contributed by atoms with Crippen molar-refractivity contribution < 1.29 is 0 Å². The molecule has 13 heavy (non-hydrogen) atoms. The molecule has 0 spiro atoms. The highest BCUT2D eigenvalue weighted by Gasteiger charge is 2.25. The predicted octanol–water partition coefficient (Wildman–Crippen LogP) is 2.28. The van der Waals surface area contributed by atoms with Crippen molar-refractivity contribution in [1.29, 1.82) is 0 Å². The fourth-order valence-corrected chi connectivity index (χ4v) is 2.53. The third-order valence-electron chi connectivity index (χ3n) is 2.96. The van der Waals surface area contributed by atoms with Gasteiger partial charge in [0.1, 0.15) is 12.7 Å². The standard InChI is InChI=1S/C10H17N3/c1-8-3-9(2)5-10(4-8)13-7-11-6-12-13/h6-10H,3-5H2,1-2H3. The number of rotatable bonds is 1. The van der Waals surface area contributed by atoms with Crippen LogP contribution in [0.5, 0.6) is 0 Å². The monoisotopic (exact) mass is 179 g/mol. The van der Waals surface area contributed by atoms with Crippen LogP contribution in [-0.4, -0.2) is 14.8 Å². The van der Waals surface area contributed by atoms with E-state index in [-0.39, 0.29) is 0 Å². The van der Waals surface area contributed by atoms with Crippen LogP contribution in [0.25, 0.3) is 0 Å². The maximum absolute atomic E-state index is 4.21. The van der Waals surface area contributed by atoms with Gasteiger partial charge >= 0.3 is 0 Å². The highest BCUT2D eigenvalue weighted by Crippen LogP contribution is 2.35. The van der Waals surface area contributed by atoms with Crippen LogP contribution >= 0.6 is 0 Å². The van der Waals surface area contributed by atoms with E-state index in [2.05, 4.69) is 23.9 Å². The zero-order chi connectivity index (χ0) is 9.26. The van der Waals surface area contributed by atoms with Crippen LogP contribution < -0.4 is 0 Å². The van der Waals surface area contributed by atoms with Gasteiger partial charge in [-0.3, -0.25) is 0 Å². The van der Waals surface area contributed by atoms with E-state index in [0.29, 0.717) is 6.04 Å². The Morgan fingerprint density at radius 3 is 2.38 bits per heavy atom. The van der Waals surface area contributed by atoms with Gasteiger partial charge in [-0.05, 0) is 31.1 Å². The first kappa shape index (κ1) is 8.73. The zero-order valence-corrected chi connectivity index (χ0v) is 8.35. The van der Waals surface area contributed by atoms with E-state index in [9.17, 15) is 0 Å². The molecule has 3 heteroatoms. The van der Waals surface area contributed by atoms with Crippen molar-refractivity contribution in [2.75, 3.05) is 0 Å². The molecule has 0 N–H and O–H groups in total. The van der Waals surface area contributed by atoms with E-state index in [1.54, 1.807) is 6.33 Å². The number of nitrogens with zero attached hydrogens (tertiary/aromatic N) is 3. The lowest BCUT2D eigenvalue weighted by Crippen LogP contribution is -2.22. The molecule has 1 aromatic heterocycles. The van der Waals surface area contributed by atoms with Gasteiger partial charge in [0.25, 0.3) is 0 Å². The molecule has 0 bridgehead atoms. The molecule has 1 fully saturated rings. The van der Waals surface area contributed by atoms with Crippen molar-refractivity contribution in [3.63, 3.8) is 0 Å². The summed E-state index contributed by atoms with van der Waals surface area (Å²) in [6.07, 6.45) is 7.35. The van der Waals surface area contributed by atoms with E-state index in [1.165, 1.54) is 19.3 Å². The average molecular weight is 179 g/mol. The first-order valence-electron chi connectivity index (χ1n) is 5.10. The molecule has 1 aliphatic rings. The molecule has 0 aliphatic heterocycles. The topological polar surface area (TPSA) is 30.7 Å². The van der Waals surface area contributed by atoms with Crippen LogP contribution in [0.1, 0.15) is 39.2 Å². The van der Waals surface area contributed by atoms with Crippen molar-refractivity contribution in [3.05, 3.63) is 12.7 Å². The summed E-state index contributed by atoms with van der Waals surface area (Å²) in [5, 5.41) is 4.21. The molecular formula is C10H17N3. The summed E-state index contributed by atoms with van der Waals surface area (Å²) < 4.78 is 2.02. The molecule has 2 atom stereocenters. The molecule has 1 saturated carbocycles. The van der Waals surface area contributed by atoms with Crippen molar-refractivity contribution in [2.45, 2.75) is 39.2 Å². The molecule has 0 amide bonds. The van der Waals surface area contributed by atoms with Crippen LogP contribution in [0, 0.1) is 11.8 Å². The highest BCUT2D eigenvalue weighted by atomic mass is 15.3. The first-order valence-corrected chi connectivity index (χ1v) is 5.10. The summed E-state index contributed by atoms with van der Waals surface area (Å²) in [5.74, 6) is 1.66. The minimum atomic E-state index is 0.584. The van der Waals surface area contributed by atoms with Crippen molar-refractivity contribution in [2.24, 2.45) is 11.8 Å². The van der Waals surface area contributed by atoms with Gasteiger partial charge in [0.2, 0.25) is 0 Å². The molecule has 1 aromatic rings. The first-order chi connectivity index (χ1) is 6.25. The van der Waals surface area contributed by atoms with E-state index >= 15 is 0 Å². The summed E-state index contributed by atoms with van der Waals surface area (Å²) in [7, 11) is 0. The third-order valence-corrected chi connectivity index (χ3v) is 2.96. The second-order valence-corrected chi connectivity index (χ2v) is 4.45. The van der Waals surface area contributed by atoms with Gasteiger partial charge in [-0.2, -0.15) is 5.10 Å².